The van der Waals surface area contributed by atoms with E-state index in [0.717, 1.165) is 25.1 Å². The molecule has 100 valence electrons. The van der Waals surface area contributed by atoms with Gasteiger partial charge < -0.3 is 10.0 Å². The van der Waals surface area contributed by atoms with E-state index in [1.165, 1.54) is 31.4 Å². The summed E-state index contributed by atoms with van der Waals surface area (Å²) in [6.07, 6.45) is 4.07. The van der Waals surface area contributed by atoms with E-state index in [0.29, 0.717) is 6.04 Å². The Kier molecular flexibility index (Phi) is 4.72. The highest BCUT2D eigenvalue weighted by Gasteiger charge is 2.19. The van der Waals surface area contributed by atoms with E-state index in [-0.39, 0.29) is 5.82 Å². The Labute approximate surface area is 108 Å². The number of halogens is 1. The molecule has 2 atom stereocenters. The molecular weight excluding hydrogens is 229 g/mol. The molecule has 0 saturated carbocycles. The fourth-order valence-electron chi connectivity index (χ4n) is 2.63. The van der Waals surface area contributed by atoms with Gasteiger partial charge in [-0.05, 0) is 50.4 Å². The van der Waals surface area contributed by atoms with Gasteiger partial charge in [-0.2, -0.15) is 0 Å². The van der Waals surface area contributed by atoms with Crippen LogP contribution in [0, 0.1) is 5.82 Å². The van der Waals surface area contributed by atoms with Crippen LogP contribution in [-0.2, 0) is 0 Å². The number of likely N-dealkylation sites (tertiary alicyclic amines) is 1. The predicted molar refractivity (Wildman–Crippen MR) is 70.9 cm³/mol. The van der Waals surface area contributed by atoms with Crippen molar-refractivity contribution in [2.24, 2.45) is 0 Å². The van der Waals surface area contributed by atoms with Gasteiger partial charge in [-0.15, -0.1) is 0 Å². The second kappa shape index (κ2) is 6.30. The fraction of sp³-hybridized carbons (Fsp3) is 0.600. The van der Waals surface area contributed by atoms with Crippen molar-refractivity contribution in [2.45, 2.75) is 44.8 Å². The van der Waals surface area contributed by atoms with Crippen molar-refractivity contribution >= 4 is 0 Å². The Morgan fingerprint density at radius 2 is 2.06 bits per heavy atom. The zero-order valence-electron chi connectivity index (χ0n) is 11.0. The molecule has 0 aromatic heterocycles. The van der Waals surface area contributed by atoms with Crippen molar-refractivity contribution in [3.05, 3.63) is 35.6 Å². The van der Waals surface area contributed by atoms with Crippen LogP contribution in [-0.4, -0.2) is 29.1 Å². The monoisotopic (exact) mass is 251 g/mol. The first-order chi connectivity index (χ1) is 8.66. The minimum absolute atomic E-state index is 0.254. The first kappa shape index (κ1) is 13.5. The highest BCUT2D eigenvalue weighted by atomic mass is 19.1. The number of benzene rings is 1. The minimum Gasteiger partial charge on any atom is -0.388 e. The maximum Gasteiger partial charge on any atom is 0.123 e. The van der Waals surface area contributed by atoms with Crippen LogP contribution in [0.3, 0.4) is 0 Å². The second-order valence-electron chi connectivity index (χ2n) is 5.24. The van der Waals surface area contributed by atoms with Crippen LogP contribution >= 0.6 is 0 Å². The third-order valence-corrected chi connectivity index (χ3v) is 3.89. The summed E-state index contributed by atoms with van der Waals surface area (Å²) >= 11 is 0. The maximum atomic E-state index is 12.8. The van der Waals surface area contributed by atoms with Crippen molar-refractivity contribution in [2.75, 3.05) is 13.1 Å². The van der Waals surface area contributed by atoms with E-state index in [4.69, 9.17) is 0 Å². The number of hydrogen-bond acceptors (Lipinski definition) is 2. The van der Waals surface area contributed by atoms with Gasteiger partial charge in [-0.3, -0.25) is 0 Å². The lowest BCUT2D eigenvalue weighted by atomic mass is 10.0. The summed E-state index contributed by atoms with van der Waals surface area (Å²) in [5, 5.41) is 10.1. The van der Waals surface area contributed by atoms with Crippen molar-refractivity contribution in [1.82, 2.24) is 4.90 Å². The quantitative estimate of drug-likeness (QED) is 0.888. The molecular formula is C15H22FNO. The van der Waals surface area contributed by atoms with Gasteiger partial charge in [-0.25, -0.2) is 4.39 Å². The number of rotatable bonds is 4. The van der Waals surface area contributed by atoms with E-state index < -0.39 is 6.10 Å². The van der Waals surface area contributed by atoms with Gasteiger partial charge in [0.1, 0.15) is 5.82 Å². The first-order valence-electron chi connectivity index (χ1n) is 6.84. The number of aliphatic hydroxyl groups excluding tert-OH is 1. The Bertz CT molecular complexity index is 365. The average Bonchev–Trinajstić information content (AvgIpc) is 2.38. The molecule has 1 fully saturated rings. The lowest BCUT2D eigenvalue weighted by Crippen LogP contribution is -2.38. The molecule has 2 nitrogen and oxygen atoms in total. The van der Waals surface area contributed by atoms with Gasteiger partial charge in [-0.1, -0.05) is 18.6 Å². The summed E-state index contributed by atoms with van der Waals surface area (Å²) < 4.78 is 12.8. The zero-order valence-corrected chi connectivity index (χ0v) is 11.0. The largest absolute Gasteiger partial charge is 0.388 e. The number of hydrogen-bond donors (Lipinski definition) is 1. The topological polar surface area (TPSA) is 23.5 Å². The smallest absolute Gasteiger partial charge is 0.123 e. The summed E-state index contributed by atoms with van der Waals surface area (Å²) in [5.74, 6) is -0.254. The van der Waals surface area contributed by atoms with Crippen molar-refractivity contribution in [1.29, 1.82) is 0 Å². The third kappa shape index (κ3) is 3.53. The molecule has 1 N–H and O–H groups in total. The molecule has 1 heterocycles. The molecule has 1 aliphatic heterocycles. The highest BCUT2D eigenvalue weighted by molar-refractivity contribution is 5.18. The Balaban J connectivity index is 1.83. The lowest BCUT2D eigenvalue weighted by Gasteiger charge is -2.33. The van der Waals surface area contributed by atoms with Crippen LogP contribution in [0.4, 0.5) is 4.39 Å². The molecule has 2 unspecified atom stereocenters. The van der Waals surface area contributed by atoms with Crippen molar-refractivity contribution in [3.8, 4) is 0 Å². The normalized spacial score (nSPS) is 22.9. The predicted octanol–water partition coefficient (Wildman–Crippen LogP) is 3.12. The Morgan fingerprint density at radius 1 is 1.33 bits per heavy atom. The molecule has 1 aromatic carbocycles. The highest BCUT2D eigenvalue weighted by Crippen LogP contribution is 2.21. The Hall–Kier alpha value is -0.930. The van der Waals surface area contributed by atoms with Crippen LogP contribution in [0.1, 0.15) is 44.3 Å². The first-order valence-corrected chi connectivity index (χ1v) is 6.84. The molecule has 3 heteroatoms. The van der Waals surface area contributed by atoms with E-state index >= 15 is 0 Å². The number of piperidine rings is 1. The summed E-state index contributed by atoms with van der Waals surface area (Å²) in [7, 11) is 0. The van der Waals surface area contributed by atoms with Gasteiger partial charge in [0, 0.05) is 12.6 Å². The van der Waals surface area contributed by atoms with Crippen LogP contribution in [0.25, 0.3) is 0 Å². The molecule has 18 heavy (non-hydrogen) atoms. The van der Waals surface area contributed by atoms with Gasteiger partial charge >= 0.3 is 0 Å². The maximum absolute atomic E-state index is 12.8. The minimum atomic E-state index is -0.486. The van der Waals surface area contributed by atoms with Gasteiger partial charge in [0.25, 0.3) is 0 Å². The SMILES string of the molecule is CC1CCCCN1CCC(O)c1ccc(F)cc1. The molecule has 0 amide bonds. The zero-order chi connectivity index (χ0) is 13.0. The summed E-state index contributed by atoms with van der Waals surface area (Å²) in [5.41, 5.74) is 0.807. The van der Waals surface area contributed by atoms with Crippen LogP contribution in [0.2, 0.25) is 0 Å². The van der Waals surface area contributed by atoms with Gasteiger partial charge in [0.2, 0.25) is 0 Å². The lowest BCUT2D eigenvalue weighted by molar-refractivity contribution is 0.109. The van der Waals surface area contributed by atoms with Crippen LogP contribution in [0.5, 0.6) is 0 Å². The van der Waals surface area contributed by atoms with Gasteiger partial charge in [0.15, 0.2) is 0 Å². The molecule has 0 aliphatic carbocycles. The van der Waals surface area contributed by atoms with Crippen molar-refractivity contribution < 1.29 is 9.50 Å². The summed E-state index contributed by atoms with van der Waals surface area (Å²) in [6.45, 7) is 4.31. The van der Waals surface area contributed by atoms with E-state index in [1.54, 1.807) is 12.1 Å². The van der Waals surface area contributed by atoms with Crippen LogP contribution < -0.4 is 0 Å². The summed E-state index contributed by atoms with van der Waals surface area (Å²) in [6, 6.07) is 6.77. The number of nitrogens with zero attached hydrogens (tertiary/aromatic N) is 1. The Morgan fingerprint density at radius 3 is 2.72 bits per heavy atom. The molecule has 1 aromatic rings. The molecule has 0 radical (unpaired) electrons. The van der Waals surface area contributed by atoms with E-state index in [1.807, 2.05) is 0 Å². The molecule has 1 aliphatic rings. The second-order valence-corrected chi connectivity index (χ2v) is 5.24. The molecule has 2 rings (SSSR count). The molecule has 0 bridgehead atoms. The average molecular weight is 251 g/mol. The van der Waals surface area contributed by atoms with Crippen LogP contribution in [0.15, 0.2) is 24.3 Å². The third-order valence-electron chi connectivity index (χ3n) is 3.89. The summed E-state index contributed by atoms with van der Waals surface area (Å²) in [4.78, 5) is 2.44. The number of aliphatic hydroxyl groups is 1. The van der Waals surface area contributed by atoms with E-state index in [2.05, 4.69) is 11.8 Å². The van der Waals surface area contributed by atoms with E-state index in [9.17, 15) is 9.50 Å². The van der Waals surface area contributed by atoms with Gasteiger partial charge in [0.05, 0.1) is 6.10 Å². The molecule has 0 spiro atoms. The van der Waals surface area contributed by atoms with Crippen molar-refractivity contribution in [3.63, 3.8) is 0 Å². The fourth-order valence-corrected chi connectivity index (χ4v) is 2.63. The molecule has 1 saturated heterocycles. The standard InChI is InChI=1S/C15H22FNO/c1-12-4-2-3-10-17(12)11-9-15(18)13-5-7-14(16)8-6-13/h5-8,12,15,18H,2-4,9-11H2,1H3.